The second-order valence-electron chi connectivity index (χ2n) is 8.16. The van der Waals surface area contributed by atoms with Crippen LogP contribution < -0.4 is 4.72 Å². The molecule has 1 aliphatic carbocycles. The number of methoxy groups -OCH3 is 1. The molecule has 0 radical (unpaired) electrons. The largest absolute Gasteiger partial charge is 0.598 e. The van der Waals surface area contributed by atoms with E-state index in [0.717, 1.165) is 38.5 Å². The predicted octanol–water partition coefficient (Wildman–Crippen LogP) is 3.16. The SMILES string of the molecule is CCC1(C(CCOC)N[S+]([O-])C(C)(C)C)CCC2(CC1)OCCO2. The normalized spacial score (nSPS) is 25.8. The maximum Gasteiger partial charge on any atom is 0.168 e. The van der Waals surface area contributed by atoms with Gasteiger partial charge in [-0.1, -0.05) is 6.92 Å². The second kappa shape index (κ2) is 8.23. The van der Waals surface area contributed by atoms with Gasteiger partial charge >= 0.3 is 0 Å². The Morgan fingerprint density at radius 2 is 1.75 bits per heavy atom. The van der Waals surface area contributed by atoms with E-state index in [1.165, 1.54) is 0 Å². The summed E-state index contributed by atoms with van der Waals surface area (Å²) >= 11 is -1.08. The van der Waals surface area contributed by atoms with E-state index in [4.69, 9.17) is 14.2 Å². The van der Waals surface area contributed by atoms with Gasteiger partial charge in [-0.2, -0.15) is 0 Å². The highest BCUT2D eigenvalue weighted by molar-refractivity contribution is 7.90. The van der Waals surface area contributed by atoms with Crippen molar-refractivity contribution in [2.75, 3.05) is 26.9 Å². The van der Waals surface area contributed by atoms with Gasteiger partial charge in [-0.15, -0.1) is 4.72 Å². The highest BCUT2D eigenvalue weighted by atomic mass is 32.2. The molecule has 2 fully saturated rings. The Hall–Kier alpha value is 0.150. The molecule has 1 saturated heterocycles. The zero-order valence-electron chi connectivity index (χ0n) is 16.0. The van der Waals surface area contributed by atoms with E-state index < -0.39 is 11.4 Å². The van der Waals surface area contributed by atoms with Gasteiger partial charge in [0.25, 0.3) is 0 Å². The Bertz CT molecular complexity index is 383. The van der Waals surface area contributed by atoms with Crippen molar-refractivity contribution < 1.29 is 18.8 Å². The van der Waals surface area contributed by atoms with E-state index in [9.17, 15) is 4.55 Å². The molecule has 0 aromatic heterocycles. The Balaban J connectivity index is 2.09. The molecule has 0 aromatic carbocycles. The predicted molar refractivity (Wildman–Crippen MR) is 97.1 cm³/mol. The quantitative estimate of drug-likeness (QED) is 0.706. The van der Waals surface area contributed by atoms with Gasteiger partial charge in [-0.3, -0.25) is 0 Å². The van der Waals surface area contributed by atoms with Crippen LogP contribution >= 0.6 is 0 Å². The fraction of sp³-hybridized carbons (Fsp3) is 1.00. The van der Waals surface area contributed by atoms with Crippen LogP contribution in [0.15, 0.2) is 0 Å². The van der Waals surface area contributed by atoms with E-state index >= 15 is 0 Å². The second-order valence-corrected chi connectivity index (χ2v) is 10.2. The first kappa shape index (κ1) is 20.5. The molecule has 142 valence electrons. The minimum absolute atomic E-state index is 0.125. The Labute approximate surface area is 150 Å². The molecule has 2 rings (SSSR count). The average molecular weight is 362 g/mol. The highest BCUT2D eigenvalue weighted by Crippen LogP contribution is 2.49. The van der Waals surface area contributed by atoms with Crippen molar-refractivity contribution in [3.8, 4) is 0 Å². The molecule has 0 bridgehead atoms. The molecule has 5 nitrogen and oxygen atoms in total. The van der Waals surface area contributed by atoms with Crippen molar-refractivity contribution in [1.82, 2.24) is 4.72 Å². The molecule has 2 aliphatic rings. The van der Waals surface area contributed by atoms with Crippen LogP contribution in [0.1, 0.15) is 66.2 Å². The summed E-state index contributed by atoms with van der Waals surface area (Å²) in [4.78, 5) is 0. The lowest BCUT2D eigenvalue weighted by atomic mass is 9.65. The summed E-state index contributed by atoms with van der Waals surface area (Å²) in [5, 5.41) is 0. The highest BCUT2D eigenvalue weighted by Gasteiger charge is 2.50. The van der Waals surface area contributed by atoms with Gasteiger partial charge in [0.05, 0.1) is 19.3 Å². The fourth-order valence-electron chi connectivity index (χ4n) is 3.89. The third-order valence-electron chi connectivity index (χ3n) is 5.68. The lowest BCUT2D eigenvalue weighted by molar-refractivity contribution is -0.194. The molecule has 2 atom stereocenters. The van der Waals surface area contributed by atoms with Crippen LogP contribution in [0.3, 0.4) is 0 Å². The van der Waals surface area contributed by atoms with Crippen LogP contribution in [-0.4, -0.2) is 48.1 Å². The number of rotatable bonds is 7. The number of hydrogen-bond acceptors (Lipinski definition) is 5. The van der Waals surface area contributed by atoms with Gasteiger partial charge in [0.1, 0.15) is 4.75 Å². The molecular formula is C18H35NO4S. The minimum atomic E-state index is -1.08. The van der Waals surface area contributed by atoms with Crippen molar-refractivity contribution in [3.05, 3.63) is 0 Å². The lowest BCUT2D eigenvalue weighted by Crippen LogP contribution is -2.55. The van der Waals surface area contributed by atoms with E-state index in [-0.39, 0.29) is 22.0 Å². The van der Waals surface area contributed by atoms with Gasteiger partial charge < -0.3 is 18.8 Å². The minimum Gasteiger partial charge on any atom is -0.598 e. The molecular weight excluding hydrogens is 326 g/mol. The van der Waals surface area contributed by atoms with Gasteiger partial charge in [-0.25, -0.2) is 0 Å². The Morgan fingerprint density at radius 1 is 1.17 bits per heavy atom. The van der Waals surface area contributed by atoms with Crippen molar-refractivity contribution >= 4 is 11.4 Å². The van der Waals surface area contributed by atoms with E-state index in [0.29, 0.717) is 19.8 Å². The van der Waals surface area contributed by atoms with E-state index in [1.54, 1.807) is 7.11 Å². The van der Waals surface area contributed by atoms with Crippen molar-refractivity contribution in [3.63, 3.8) is 0 Å². The molecule has 1 saturated carbocycles. The Kier molecular flexibility index (Phi) is 7.02. The van der Waals surface area contributed by atoms with Crippen molar-refractivity contribution in [2.45, 2.75) is 82.8 Å². The summed E-state index contributed by atoms with van der Waals surface area (Å²) < 4.78 is 33.0. The standard InChI is InChI=1S/C18H35NO4S/c1-6-17(8-10-18(11-9-17)22-13-14-23-18)15(7-12-21-5)19-24(20)16(2,3)4/h15,19H,6-14H2,1-5H3. The maximum atomic E-state index is 12.7. The summed E-state index contributed by atoms with van der Waals surface area (Å²) in [5.74, 6) is -0.354. The number of ether oxygens (including phenoxy) is 3. The lowest BCUT2D eigenvalue weighted by Gasteiger charge is -2.48. The van der Waals surface area contributed by atoms with Crippen LogP contribution in [0.25, 0.3) is 0 Å². The average Bonchev–Trinajstić information content (AvgIpc) is 3.00. The summed E-state index contributed by atoms with van der Waals surface area (Å²) in [6.45, 7) is 10.4. The zero-order chi connectivity index (χ0) is 17.8. The first-order valence-corrected chi connectivity index (χ1v) is 10.4. The van der Waals surface area contributed by atoms with Crippen LogP contribution in [0.4, 0.5) is 0 Å². The Morgan fingerprint density at radius 3 is 2.21 bits per heavy atom. The van der Waals surface area contributed by atoms with E-state index in [1.807, 2.05) is 20.8 Å². The molecule has 1 aliphatic heterocycles. The van der Waals surface area contributed by atoms with Gasteiger partial charge in [0.15, 0.2) is 5.79 Å². The zero-order valence-corrected chi connectivity index (χ0v) is 16.8. The first-order valence-electron chi connectivity index (χ1n) is 9.22. The summed E-state index contributed by atoms with van der Waals surface area (Å²) in [6.07, 6.45) is 5.85. The topological polar surface area (TPSA) is 62.8 Å². The molecule has 24 heavy (non-hydrogen) atoms. The van der Waals surface area contributed by atoms with Crippen LogP contribution in [0.5, 0.6) is 0 Å². The van der Waals surface area contributed by atoms with Crippen LogP contribution in [0, 0.1) is 5.41 Å². The summed E-state index contributed by atoms with van der Waals surface area (Å²) in [7, 11) is 1.73. The maximum absolute atomic E-state index is 12.7. The molecule has 1 heterocycles. The molecule has 2 unspecified atom stereocenters. The van der Waals surface area contributed by atoms with Crippen LogP contribution in [-0.2, 0) is 25.6 Å². The number of nitrogens with one attached hydrogen (secondary N) is 1. The summed E-state index contributed by atoms with van der Waals surface area (Å²) in [5.41, 5.74) is 0.125. The fourth-order valence-corrected chi connectivity index (χ4v) is 4.87. The molecule has 0 amide bonds. The molecule has 0 aromatic rings. The molecule has 1 spiro atoms. The van der Waals surface area contributed by atoms with Crippen molar-refractivity contribution in [1.29, 1.82) is 0 Å². The van der Waals surface area contributed by atoms with E-state index in [2.05, 4.69) is 11.6 Å². The first-order chi connectivity index (χ1) is 11.3. The molecule has 1 N–H and O–H groups in total. The van der Waals surface area contributed by atoms with Gasteiger partial charge in [0.2, 0.25) is 0 Å². The molecule has 6 heteroatoms. The smallest absolute Gasteiger partial charge is 0.168 e. The third kappa shape index (κ3) is 4.65. The monoisotopic (exact) mass is 361 g/mol. The van der Waals surface area contributed by atoms with Gasteiger partial charge in [0, 0.05) is 37.9 Å². The van der Waals surface area contributed by atoms with Crippen LogP contribution in [0.2, 0.25) is 0 Å². The van der Waals surface area contributed by atoms with Gasteiger partial charge in [-0.05, 0) is 51.9 Å². The third-order valence-corrected chi connectivity index (χ3v) is 7.29. The number of hydrogen-bond donors (Lipinski definition) is 1. The summed E-state index contributed by atoms with van der Waals surface area (Å²) in [6, 6.07) is 0.182. The van der Waals surface area contributed by atoms with Crippen molar-refractivity contribution in [2.24, 2.45) is 5.41 Å².